The molecule has 0 aromatic heterocycles. The van der Waals surface area contributed by atoms with Crippen LogP contribution >= 0.6 is 0 Å². The predicted molar refractivity (Wildman–Crippen MR) is 98.2 cm³/mol. The van der Waals surface area contributed by atoms with Crippen molar-refractivity contribution in [2.45, 2.75) is 18.4 Å². The number of aryl methyl sites for hydroxylation is 1. The van der Waals surface area contributed by atoms with Gasteiger partial charge in [0.2, 0.25) is 10.0 Å². The molecule has 0 N–H and O–H groups in total. The summed E-state index contributed by atoms with van der Waals surface area (Å²) in [6.45, 7) is 5.04. The van der Waals surface area contributed by atoms with Gasteiger partial charge in [0.15, 0.2) is 0 Å². The smallest absolute Gasteiger partial charge is 0.243 e. The lowest BCUT2D eigenvalue weighted by atomic mass is 10.2. The van der Waals surface area contributed by atoms with Crippen molar-refractivity contribution >= 4 is 10.0 Å². The summed E-state index contributed by atoms with van der Waals surface area (Å²) in [5.41, 5.74) is 1.92. The van der Waals surface area contributed by atoms with Crippen molar-refractivity contribution < 1.29 is 13.2 Å². The van der Waals surface area contributed by atoms with Gasteiger partial charge < -0.3 is 4.74 Å². The normalized spacial score (nSPS) is 16.7. The second kappa shape index (κ2) is 7.56. The van der Waals surface area contributed by atoms with Crippen LogP contribution in [0.15, 0.2) is 53.4 Å². The van der Waals surface area contributed by atoms with Crippen molar-refractivity contribution in [2.24, 2.45) is 0 Å². The Balaban J connectivity index is 1.67. The highest BCUT2D eigenvalue weighted by Crippen LogP contribution is 2.23. The molecule has 0 atom stereocenters. The van der Waals surface area contributed by atoms with Gasteiger partial charge in [-0.25, -0.2) is 8.42 Å². The SMILES string of the molecule is COc1ccccc1CN1CCN(S(=O)(=O)c2ccccc2C)CC1. The zero-order valence-corrected chi connectivity index (χ0v) is 15.5. The van der Waals surface area contributed by atoms with Crippen LogP contribution in [0.3, 0.4) is 0 Å². The lowest BCUT2D eigenvalue weighted by molar-refractivity contribution is 0.180. The van der Waals surface area contributed by atoms with Crippen molar-refractivity contribution in [1.82, 2.24) is 9.21 Å². The topological polar surface area (TPSA) is 49.9 Å². The quantitative estimate of drug-likeness (QED) is 0.822. The third-order valence-electron chi connectivity index (χ3n) is 4.63. The van der Waals surface area contributed by atoms with Crippen molar-refractivity contribution in [2.75, 3.05) is 33.3 Å². The minimum absolute atomic E-state index is 0.410. The van der Waals surface area contributed by atoms with Crippen LogP contribution in [0.25, 0.3) is 0 Å². The third kappa shape index (κ3) is 3.86. The first-order valence-electron chi connectivity index (χ1n) is 8.42. The van der Waals surface area contributed by atoms with Gasteiger partial charge in [0, 0.05) is 38.3 Å². The molecule has 1 aliphatic rings. The Hall–Kier alpha value is -1.89. The Morgan fingerprint density at radius 1 is 0.960 bits per heavy atom. The minimum Gasteiger partial charge on any atom is -0.496 e. The number of rotatable bonds is 5. The van der Waals surface area contributed by atoms with Crippen LogP contribution in [-0.2, 0) is 16.6 Å². The molecule has 0 spiro atoms. The van der Waals surface area contributed by atoms with E-state index in [9.17, 15) is 8.42 Å². The van der Waals surface area contributed by atoms with Crippen LogP contribution < -0.4 is 4.74 Å². The molecule has 0 saturated carbocycles. The zero-order valence-electron chi connectivity index (χ0n) is 14.7. The third-order valence-corrected chi connectivity index (χ3v) is 6.69. The first kappa shape index (κ1) is 17.9. The maximum absolute atomic E-state index is 12.9. The molecule has 1 aliphatic heterocycles. The molecule has 0 amide bonds. The molecule has 0 bridgehead atoms. The molecule has 2 aromatic carbocycles. The van der Waals surface area contributed by atoms with Gasteiger partial charge in [0.05, 0.1) is 12.0 Å². The van der Waals surface area contributed by atoms with E-state index in [2.05, 4.69) is 11.0 Å². The molecule has 25 heavy (non-hydrogen) atoms. The van der Waals surface area contributed by atoms with Crippen molar-refractivity contribution in [3.8, 4) is 5.75 Å². The summed E-state index contributed by atoms with van der Waals surface area (Å²) in [6, 6.07) is 15.1. The Morgan fingerprint density at radius 2 is 1.60 bits per heavy atom. The summed E-state index contributed by atoms with van der Waals surface area (Å²) >= 11 is 0. The van der Waals surface area contributed by atoms with E-state index in [0.29, 0.717) is 31.1 Å². The summed E-state index contributed by atoms with van der Waals surface area (Å²) < 4.78 is 32.7. The molecule has 0 unspecified atom stereocenters. The highest BCUT2D eigenvalue weighted by Gasteiger charge is 2.29. The minimum atomic E-state index is -3.42. The molecule has 0 aliphatic carbocycles. The molecule has 1 saturated heterocycles. The standard InChI is InChI=1S/C19H24N2O3S/c1-16-7-3-6-10-19(16)25(22,23)21-13-11-20(12-14-21)15-17-8-4-5-9-18(17)24-2/h3-10H,11-15H2,1-2H3. The van der Waals surface area contributed by atoms with Crippen molar-refractivity contribution in [3.05, 3.63) is 59.7 Å². The van der Waals surface area contributed by atoms with Crippen LogP contribution in [0.2, 0.25) is 0 Å². The largest absolute Gasteiger partial charge is 0.496 e. The van der Waals surface area contributed by atoms with E-state index in [-0.39, 0.29) is 0 Å². The summed E-state index contributed by atoms with van der Waals surface area (Å²) in [5.74, 6) is 0.873. The zero-order chi connectivity index (χ0) is 17.9. The summed E-state index contributed by atoms with van der Waals surface area (Å²) in [5, 5.41) is 0. The van der Waals surface area contributed by atoms with Crippen molar-refractivity contribution in [1.29, 1.82) is 0 Å². The van der Waals surface area contributed by atoms with Crippen molar-refractivity contribution in [3.63, 3.8) is 0 Å². The average molecular weight is 360 g/mol. The summed E-state index contributed by atoms with van der Waals surface area (Å²) in [6.07, 6.45) is 0. The van der Waals surface area contributed by atoms with E-state index < -0.39 is 10.0 Å². The Kier molecular flexibility index (Phi) is 5.42. The maximum Gasteiger partial charge on any atom is 0.243 e. The average Bonchev–Trinajstić information content (AvgIpc) is 2.63. The van der Waals surface area contributed by atoms with Gasteiger partial charge in [-0.3, -0.25) is 4.90 Å². The number of methoxy groups -OCH3 is 1. The fourth-order valence-electron chi connectivity index (χ4n) is 3.19. The van der Waals surface area contributed by atoms with E-state index >= 15 is 0 Å². The van der Waals surface area contributed by atoms with Gasteiger partial charge in [-0.1, -0.05) is 36.4 Å². The summed E-state index contributed by atoms with van der Waals surface area (Å²) in [7, 11) is -1.75. The first-order chi connectivity index (χ1) is 12.0. The monoisotopic (exact) mass is 360 g/mol. The number of ether oxygens (including phenoxy) is 1. The Bertz CT molecular complexity index is 828. The van der Waals surface area contributed by atoms with Crippen LogP contribution in [0.4, 0.5) is 0 Å². The molecule has 3 rings (SSSR count). The van der Waals surface area contributed by atoms with Crippen LogP contribution in [0.1, 0.15) is 11.1 Å². The summed E-state index contributed by atoms with van der Waals surface area (Å²) in [4.78, 5) is 2.68. The number of nitrogens with zero attached hydrogens (tertiary/aromatic N) is 2. The molecule has 0 radical (unpaired) electrons. The van der Waals surface area contributed by atoms with Crippen LogP contribution in [0, 0.1) is 6.92 Å². The maximum atomic E-state index is 12.9. The van der Waals surface area contributed by atoms with Gasteiger partial charge in [0.1, 0.15) is 5.75 Å². The fourth-order valence-corrected chi connectivity index (χ4v) is 4.84. The Morgan fingerprint density at radius 3 is 2.28 bits per heavy atom. The van der Waals surface area contributed by atoms with E-state index in [1.807, 2.05) is 37.3 Å². The Labute approximate surface area is 149 Å². The van der Waals surface area contributed by atoms with Gasteiger partial charge in [-0.15, -0.1) is 0 Å². The number of hydrogen-bond donors (Lipinski definition) is 0. The van der Waals surface area contributed by atoms with Gasteiger partial charge >= 0.3 is 0 Å². The second-order valence-electron chi connectivity index (χ2n) is 6.26. The lowest BCUT2D eigenvalue weighted by Crippen LogP contribution is -2.48. The van der Waals surface area contributed by atoms with E-state index in [1.54, 1.807) is 23.5 Å². The van der Waals surface area contributed by atoms with Gasteiger partial charge in [0.25, 0.3) is 0 Å². The lowest BCUT2D eigenvalue weighted by Gasteiger charge is -2.34. The van der Waals surface area contributed by atoms with Gasteiger partial charge in [-0.2, -0.15) is 4.31 Å². The first-order valence-corrected chi connectivity index (χ1v) is 9.86. The molecule has 1 fully saturated rings. The molecule has 5 nitrogen and oxygen atoms in total. The molecule has 1 heterocycles. The number of piperazine rings is 1. The van der Waals surface area contributed by atoms with E-state index in [4.69, 9.17) is 4.74 Å². The number of sulfonamides is 1. The number of para-hydroxylation sites is 1. The molecule has 6 heteroatoms. The molecule has 134 valence electrons. The predicted octanol–water partition coefficient (Wildman–Crippen LogP) is 2.51. The fraction of sp³-hybridized carbons (Fsp3) is 0.368. The van der Waals surface area contributed by atoms with Crippen LogP contribution in [0.5, 0.6) is 5.75 Å². The number of benzene rings is 2. The number of hydrogen-bond acceptors (Lipinski definition) is 4. The van der Waals surface area contributed by atoms with Crippen LogP contribution in [-0.4, -0.2) is 50.9 Å². The molecular weight excluding hydrogens is 336 g/mol. The molecule has 2 aromatic rings. The highest BCUT2D eigenvalue weighted by atomic mass is 32.2. The molecular formula is C19H24N2O3S. The van der Waals surface area contributed by atoms with E-state index in [0.717, 1.165) is 23.4 Å². The van der Waals surface area contributed by atoms with E-state index in [1.165, 1.54) is 0 Å². The highest BCUT2D eigenvalue weighted by molar-refractivity contribution is 7.89. The second-order valence-corrected chi connectivity index (χ2v) is 8.16. The van der Waals surface area contributed by atoms with Gasteiger partial charge in [-0.05, 0) is 24.6 Å².